The number of hydrogen-bond acceptors (Lipinski definition) is 2. The molecule has 1 fully saturated rings. The largest absolute Gasteiger partial charge is 0.342 e. The van der Waals surface area contributed by atoms with Gasteiger partial charge in [-0.05, 0) is 43.0 Å². The molecule has 0 spiro atoms. The molecule has 2 N–H and O–H groups in total. The molecule has 2 aromatic rings. The number of nitrogens with zero attached hydrogens (tertiary/aromatic N) is 1. The molecule has 1 aromatic heterocycles. The van der Waals surface area contributed by atoms with E-state index in [-0.39, 0.29) is 0 Å². The fourth-order valence-corrected chi connectivity index (χ4v) is 2.68. The average molecular weight is 243 g/mol. The molecule has 2 heterocycles. The Morgan fingerprint density at radius 2 is 2.22 bits per heavy atom. The molecule has 0 aliphatic carbocycles. The number of H-pyrrole nitrogens is 1. The summed E-state index contributed by atoms with van der Waals surface area (Å²) >= 11 is 0. The Morgan fingerprint density at radius 3 is 2.94 bits per heavy atom. The highest BCUT2D eigenvalue weighted by Gasteiger charge is 2.18. The second-order valence-electron chi connectivity index (χ2n) is 5.60. The molecule has 1 saturated heterocycles. The number of aromatic amines is 1. The Morgan fingerprint density at radius 1 is 1.33 bits per heavy atom. The third-order valence-electron chi connectivity index (χ3n) is 3.87. The minimum absolute atomic E-state index is 0.550. The summed E-state index contributed by atoms with van der Waals surface area (Å²) in [6, 6.07) is 6.57. The summed E-state index contributed by atoms with van der Waals surface area (Å²) < 4.78 is 0. The van der Waals surface area contributed by atoms with Crippen molar-refractivity contribution in [3.63, 3.8) is 0 Å². The van der Waals surface area contributed by atoms with Gasteiger partial charge in [-0.3, -0.25) is 0 Å². The van der Waals surface area contributed by atoms with Gasteiger partial charge >= 0.3 is 0 Å². The van der Waals surface area contributed by atoms with Crippen LogP contribution in [0.3, 0.4) is 0 Å². The Kier molecular flexibility index (Phi) is 3.08. The Bertz CT molecular complexity index is 536. The van der Waals surface area contributed by atoms with Gasteiger partial charge in [0.25, 0.3) is 0 Å². The van der Waals surface area contributed by atoms with Crippen molar-refractivity contribution in [1.29, 1.82) is 0 Å². The Labute approximate surface area is 108 Å². The third-order valence-corrected chi connectivity index (χ3v) is 3.87. The number of nitrogens with one attached hydrogen (secondary N) is 2. The van der Waals surface area contributed by atoms with Gasteiger partial charge in [-0.15, -0.1) is 0 Å². The topological polar surface area (TPSA) is 40.7 Å². The van der Waals surface area contributed by atoms with Crippen LogP contribution >= 0.6 is 0 Å². The summed E-state index contributed by atoms with van der Waals surface area (Å²) in [6.07, 6.45) is 2.49. The summed E-state index contributed by atoms with van der Waals surface area (Å²) in [6.45, 7) is 6.65. The Hall–Kier alpha value is -1.35. The molecule has 1 aliphatic heterocycles. The van der Waals surface area contributed by atoms with Crippen molar-refractivity contribution in [3.8, 4) is 0 Å². The smallest absolute Gasteiger partial charge is 0.111 e. The zero-order valence-corrected chi connectivity index (χ0v) is 11.2. The highest BCUT2D eigenvalue weighted by Crippen LogP contribution is 2.25. The number of imidazole rings is 1. The van der Waals surface area contributed by atoms with Crippen molar-refractivity contribution in [2.24, 2.45) is 0 Å². The zero-order chi connectivity index (χ0) is 12.5. The highest BCUT2D eigenvalue weighted by molar-refractivity contribution is 5.76. The van der Waals surface area contributed by atoms with Gasteiger partial charge in [-0.1, -0.05) is 19.9 Å². The molecule has 3 nitrogen and oxygen atoms in total. The first-order valence-electron chi connectivity index (χ1n) is 6.94. The van der Waals surface area contributed by atoms with E-state index in [4.69, 9.17) is 4.98 Å². The molecular formula is C15H21N3. The van der Waals surface area contributed by atoms with Gasteiger partial charge in [0.05, 0.1) is 11.0 Å². The standard InChI is InChI=1S/C15H21N3/c1-10(2)11-5-6-13-14(8-11)18-15(17-13)12-4-3-7-16-9-12/h5-6,8,10,12,16H,3-4,7,9H2,1-2H3,(H,17,18). The first-order valence-corrected chi connectivity index (χ1v) is 6.94. The van der Waals surface area contributed by atoms with Crippen LogP contribution in [0.25, 0.3) is 11.0 Å². The van der Waals surface area contributed by atoms with Crippen molar-refractivity contribution in [1.82, 2.24) is 15.3 Å². The van der Waals surface area contributed by atoms with E-state index in [0.717, 1.165) is 24.4 Å². The molecule has 3 rings (SSSR count). The SMILES string of the molecule is CC(C)c1ccc2nc(C3CCCNC3)[nH]c2c1. The van der Waals surface area contributed by atoms with E-state index >= 15 is 0 Å². The number of fused-ring (bicyclic) bond motifs is 1. The van der Waals surface area contributed by atoms with Crippen molar-refractivity contribution in [3.05, 3.63) is 29.6 Å². The number of piperidine rings is 1. The van der Waals surface area contributed by atoms with E-state index in [1.807, 2.05) is 0 Å². The predicted molar refractivity (Wildman–Crippen MR) is 75.0 cm³/mol. The van der Waals surface area contributed by atoms with Gasteiger partial charge in [0.15, 0.2) is 0 Å². The highest BCUT2D eigenvalue weighted by atomic mass is 15.0. The van der Waals surface area contributed by atoms with Gasteiger partial charge in [0, 0.05) is 12.5 Å². The maximum absolute atomic E-state index is 4.74. The Balaban J connectivity index is 1.94. The lowest BCUT2D eigenvalue weighted by atomic mass is 9.99. The van der Waals surface area contributed by atoms with Crippen molar-refractivity contribution >= 4 is 11.0 Å². The van der Waals surface area contributed by atoms with E-state index in [1.54, 1.807) is 0 Å². The van der Waals surface area contributed by atoms with Crippen molar-refractivity contribution in [2.75, 3.05) is 13.1 Å². The second-order valence-corrected chi connectivity index (χ2v) is 5.60. The molecule has 0 amide bonds. The van der Waals surface area contributed by atoms with Crippen LogP contribution < -0.4 is 5.32 Å². The maximum atomic E-state index is 4.74. The summed E-state index contributed by atoms with van der Waals surface area (Å²) in [5.74, 6) is 2.27. The summed E-state index contributed by atoms with van der Waals surface area (Å²) in [5.41, 5.74) is 3.65. The molecule has 1 aliphatic rings. The van der Waals surface area contributed by atoms with Crippen molar-refractivity contribution < 1.29 is 0 Å². The molecule has 1 aromatic carbocycles. The van der Waals surface area contributed by atoms with E-state index in [2.05, 4.69) is 42.3 Å². The molecule has 0 saturated carbocycles. The maximum Gasteiger partial charge on any atom is 0.111 e. The van der Waals surface area contributed by atoms with Gasteiger partial charge in [0.1, 0.15) is 5.82 Å². The second kappa shape index (κ2) is 4.73. The number of benzene rings is 1. The minimum Gasteiger partial charge on any atom is -0.342 e. The van der Waals surface area contributed by atoms with E-state index in [1.165, 1.54) is 23.9 Å². The number of hydrogen-bond donors (Lipinski definition) is 2. The lowest BCUT2D eigenvalue weighted by Gasteiger charge is -2.20. The fourth-order valence-electron chi connectivity index (χ4n) is 2.68. The van der Waals surface area contributed by atoms with Crippen LogP contribution in [0.1, 0.15) is 49.9 Å². The number of aromatic nitrogens is 2. The van der Waals surface area contributed by atoms with E-state index in [0.29, 0.717) is 11.8 Å². The minimum atomic E-state index is 0.550. The van der Waals surface area contributed by atoms with Crippen LogP contribution in [-0.2, 0) is 0 Å². The fraction of sp³-hybridized carbons (Fsp3) is 0.533. The zero-order valence-electron chi connectivity index (χ0n) is 11.2. The van der Waals surface area contributed by atoms with Crippen LogP contribution in [0.5, 0.6) is 0 Å². The van der Waals surface area contributed by atoms with E-state index in [9.17, 15) is 0 Å². The monoisotopic (exact) mass is 243 g/mol. The first kappa shape index (κ1) is 11.7. The van der Waals surface area contributed by atoms with E-state index < -0.39 is 0 Å². The van der Waals surface area contributed by atoms with Crippen LogP contribution in [0.15, 0.2) is 18.2 Å². The predicted octanol–water partition coefficient (Wildman–Crippen LogP) is 3.15. The average Bonchev–Trinajstić information content (AvgIpc) is 2.82. The summed E-state index contributed by atoms with van der Waals surface area (Å²) in [4.78, 5) is 8.25. The van der Waals surface area contributed by atoms with Crippen LogP contribution in [0.2, 0.25) is 0 Å². The molecule has 0 radical (unpaired) electrons. The van der Waals surface area contributed by atoms with Gasteiger partial charge < -0.3 is 10.3 Å². The van der Waals surface area contributed by atoms with Gasteiger partial charge in [0.2, 0.25) is 0 Å². The summed E-state index contributed by atoms with van der Waals surface area (Å²) in [5, 5.41) is 3.45. The quantitative estimate of drug-likeness (QED) is 0.850. The molecule has 1 unspecified atom stereocenters. The van der Waals surface area contributed by atoms with Crippen LogP contribution in [0, 0.1) is 0 Å². The molecule has 0 bridgehead atoms. The molecule has 3 heteroatoms. The molecular weight excluding hydrogens is 222 g/mol. The van der Waals surface area contributed by atoms with Gasteiger partial charge in [-0.2, -0.15) is 0 Å². The summed E-state index contributed by atoms with van der Waals surface area (Å²) in [7, 11) is 0. The normalized spacial score (nSPS) is 20.7. The lowest BCUT2D eigenvalue weighted by Crippen LogP contribution is -2.28. The number of rotatable bonds is 2. The lowest BCUT2D eigenvalue weighted by molar-refractivity contribution is 0.449. The molecule has 1 atom stereocenters. The van der Waals surface area contributed by atoms with Crippen LogP contribution in [0.4, 0.5) is 0 Å². The van der Waals surface area contributed by atoms with Crippen molar-refractivity contribution in [2.45, 2.75) is 38.5 Å². The third kappa shape index (κ3) is 2.15. The van der Waals surface area contributed by atoms with Crippen LogP contribution in [-0.4, -0.2) is 23.1 Å². The van der Waals surface area contributed by atoms with Gasteiger partial charge in [-0.25, -0.2) is 4.98 Å². The first-order chi connectivity index (χ1) is 8.74. The molecule has 18 heavy (non-hydrogen) atoms. The molecule has 96 valence electrons.